The number of halogens is 3. The Morgan fingerprint density at radius 3 is 2.19 bits per heavy atom. The van der Waals surface area contributed by atoms with Gasteiger partial charge in [0.25, 0.3) is 0 Å². The van der Waals surface area contributed by atoms with Crippen molar-refractivity contribution in [3.05, 3.63) is 29.6 Å². The number of rotatable bonds is 9. The number of benzene rings is 1. The van der Waals surface area contributed by atoms with Crippen molar-refractivity contribution in [1.29, 1.82) is 0 Å². The molecule has 0 saturated heterocycles. The molecular formula is C16H21F3N4O3. The molecule has 0 heterocycles. The van der Waals surface area contributed by atoms with Crippen LogP contribution < -0.4 is 16.0 Å². The van der Waals surface area contributed by atoms with E-state index in [1.54, 1.807) is 7.05 Å². The third kappa shape index (κ3) is 7.09. The van der Waals surface area contributed by atoms with Crippen LogP contribution >= 0.6 is 0 Å². The molecular weight excluding hydrogens is 353 g/mol. The third-order valence-corrected chi connectivity index (χ3v) is 3.15. The Hall–Kier alpha value is -2.62. The minimum absolute atomic E-state index is 0.0136. The van der Waals surface area contributed by atoms with Crippen LogP contribution in [0.1, 0.15) is 13.3 Å². The first kappa shape index (κ1) is 21.4. The van der Waals surface area contributed by atoms with Gasteiger partial charge in [-0.2, -0.15) is 0 Å². The lowest BCUT2D eigenvalue weighted by atomic mass is 10.2. The molecule has 3 amide bonds. The zero-order valence-corrected chi connectivity index (χ0v) is 14.5. The molecule has 0 aliphatic carbocycles. The van der Waals surface area contributed by atoms with E-state index in [1.807, 2.05) is 12.2 Å². The summed E-state index contributed by atoms with van der Waals surface area (Å²) in [4.78, 5) is 36.3. The average Bonchev–Trinajstić information content (AvgIpc) is 2.58. The normalized spacial score (nSPS) is 10.5. The first-order chi connectivity index (χ1) is 12.2. The standard InChI is InChI=1S/C16H21F3N4O3/c1-3-6-20-13(25)8-23(2)9-14(26)21-7-12(24)22-11-5-4-10(17)15(18)16(11)19/h4-5H,3,6-9H2,1-2H3,(H,20,25)(H,21,26)(H,22,24). The predicted octanol–water partition coefficient (Wildman–Crippen LogP) is 0.617. The number of carbonyl (C=O) groups is 3. The Balaban J connectivity index is 2.39. The van der Waals surface area contributed by atoms with E-state index >= 15 is 0 Å². The molecule has 1 rings (SSSR count). The summed E-state index contributed by atoms with van der Waals surface area (Å²) in [5, 5.41) is 6.97. The lowest BCUT2D eigenvalue weighted by molar-refractivity contribution is -0.126. The summed E-state index contributed by atoms with van der Waals surface area (Å²) in [5.74, 6) is -6.17. The Bertz CT molecular complexity index is 670. The van der Waals surface area contributed by atoms with E-state index < -0.39 is 41.5 Å². The van der Waals surface area contributed by atoms with Gasteiger partial charge in [0, 0.05) is 6.54 Å². The van der Waals surface area contributed by atoms with Gasteiger partial charge in [-0.3, -0.25) is 19.3 Å². The van der Waals surface area contributed by atoms with E-state index in [2.05, 4.69) is 10.6 Å². The summed E-state index contributed by atoms with van der Waals surface area (Å²) in [6, 6.07) is 1.54. The molecule has 0 saturated carbocycles. The molecule has 0 aliphatic heterocycles. The first-order valence-electron chi connectivity index (χ1n) is 7.89. The second-order valence-corrected chi connectivity index (χ2v) is 5.57. The van der Waals surface area contributed by atoms with Gasteiger partial charge in [0.1, 0.15) is 0 Å². The van der Waals surface area contributed by atoms with Crippen molar-refractivity contribution >= 4 is 23.4 Å². The highest BCUT2D eigenvalue weighted by molar-refractivity contribution is 5.94. The van der Waals surface area contributed by atoms with Crippen molar-refractivity contribution in [2.75, 3.05) is 38.5 Å². The van der Waals surface area contributed by atoms with Gasteiger partial charge in [-0.1, -0.05) is 6.92 Å². The second-order valence-electron chi connectivity index (χ2n) is 5.57. The first-order valence-corrected chi connectivity index (χ1v) is 7.89. The third-order valence-electron chi connectivity index (χ3n) is 3.15. The van der Waals surface area contributed by atoms with Gasteiger partial charge in [0.2, 0.25) is 17.7 Å². The molecule has 26 heavy (non-hydrogen) atoms. The average molecular weight is 374 g/mol. The quantitative estimate of drug-likeness (QED) is 0.553. The van der Waals surface area contributed by atoms with Crippen LogP contribution in [0.2, 0.25) is 0 Å². The van der Waals surface area contributed by atoms with Crippen molar-refractivity contribution < 1.29 is 27.6 Å². The number of nitrogens with one attached hydrogen (secondary N) is 3. The van der Waals surface area contributed by atoms with Crippen LogP contribution in [0.25, 0.3) is 0 Å². The van der Waals surface area contributed by atoms with Gasteiger partial charge in [0.15, 0.2) is 17.5 Å². The maximum atomic E-state index is 13.4. The SMILES string of the molecule is CCCNC(=O)CN(C)CC(=O)NCC(=O)Nc1ccc(F)c(F)c1F. The number of carbonyl (C=O) groups excluding carboxylic acids is 3. The monoisotopic (exact) mass is 374 g/mol. The maximum Gasteiger partial charge on any atom is 0.243 e. The number of hydrogen-bond donors (Lipinski definition) is 3. The summed E-state index contributed by atoms with van der Waals surface area (Å²) < 4.78 is 39.3. The molecule has 0 radical (unpaired) electrons. The largest absolute Gasteiger partial charge is 0.355 e. The van der Waals surface area contributed by atoms with E-state index in [0.29, 0.717) is 12.6 Å². The highest BCUT2D eigenvalue weighted by atomic mass is 19.2. The molecule has 0 aromatic heterocycles. The molecule has 0 fully saturated rings. The highest BCUT2D eigenvalue weighted by Crippen LogP contribution is 2.19. The Kier molecular flexibility index (Phi) is 8.56. The van der Waals surface area contributed by atoms with E-state index in [-0.39, 0.29) is 19.0 Å². The van der Waals surface area contributed by atoms with Crippen LogP contribution in [0.3, 0.4) is 0 Å². The molecule has 0 bridgehead atoms. The number of amides is 3. The van der Waals surface area contributed by atoms with Crippen LogP contribution in [0.5, 0.6) is 0 Å². The van der Waals surface area contributed by atoms with E-state index in [9.17, 15) is 27.6 Å². The second kappa shape index (κ2) is 10.4. The Morgan fingerprint density at radius 2 is 1.58 bits per heavy atom. The van der Waals surface area contributed by atoms with E-state index in [0.717, 1.165) is 12.5 Å². The van der Waals surface area contributed by atoms with E-state index in [4.69, 9.17) is 0 Å². The fourth-order valence-corrected chi connectivity index (χ4v) is 1.92. The fourth-order valence-electron chi connectivity index (χ4n) is 1.92. The molecule has 10 heteroatoms. The molecule has 1 aromatic carbocycles. The number of nitrogens with zero attached hydrogens (tertiary/aromatic N) is 1. The van der Waals surface area contributed by atoms with Gasteiger partial charge in [-0.15, -0.1) is 0 Å². The highest BCUT2D eigenvalue weighted by Gasteiger charge is 2.16. The van der Waals surface area contributed by atoms with Crippen LogP contribution in [0, 0.1) is 17.5 Å². The molecule has 3 N–H and O–H groups in total. The number of likely N-dealkylation sites (N-methyl/N-ethyl adjacent to an activating group) is 1. The van der Waals surface area contributed by atoms with Crippen molar-refractivity contribution in [2.45, 2.75) is 13.3 Å². The van der Waals surface area contributed by atoms with Gasteiger partial charge in [-0.25, -0.2) is 13.2 Å². The van der Waals surface area contributed by atoms with Crippen LogP contribution in [0.4, 0.5) is 18.9 Å². The van der Waals surface area contributed by atoms with Gasteiger partial charge in [-0.05, 0) is 25.6 Å². The van der Waals surface area contributed by atoms with Crippen molar-refractivity contribution in [1.82, 2.24) is 15.5 Å². The van der Waals surface area contributed by atoms with Crippen molar-refractivity contribution in [3.63, 3.8) is 0 Å². The van der Waals surface area contributed by atoms with Gasteiger partial charge in [0.05, 0.1) is 25.3 Å². The topological polar surface area (TPSA) is 90.5 Å². The Morgan fingerprint density at radius 1 is 0.962 bits per heavy atom. The lowest BCUT2D eigenvalue weighted by Gasteiger charge is -2.15. The summed E-state index contributed by atoms with van der Waals surface area (Å²) in [5.41, 5.74) is -0.534. The number of anilines is 1. The lowest BCUT2D eigenvalue weighted by Crippen LogP contribution is -2.42. The molecule has 0 atom stereocenters. The summed E-state index contributed by atoms with van der Waals surface area (Å²) in [7, 11) is 1.56. The van der Waals surface area contributed by atoms with Gasteiger partial charge >= 0.3 is 0 Å². The summed E-state index contributed by atoms with van der Waals surface area (Å²) in [6.45, 7) is 1.84. The van der Waals surface area contributed by atoms with Crippen molar-refractivity contribution in [3.8, 4) is 0 Å². The van der Waals surface area contributed by atoms with Crippen LogP contribution in [0.15, 0.2) is 12.1 Å². The zero-order valence-electron chi connectivity index (χ0n) is 14.5. The molecule has 0 aliphatic rings. The van der Waals surface area contributed by atoms with Crippen molar-refractivity contribution in [2.24, 2.45) is 0 Å². The zero-order chi connectivity index (χ0) is 19.7. The van der Waals surface area contributed by atoms with E-state index in [1.165, 1.54) is 4.90 Å². The Labute approximate surface area is 148 Å². The fraction of sp³-hybridized carbons (Fsp3) is 0.438. The predicted molar refractivity (Wildman–Crippen MR) is 88.8 cm³/mol. The number of hydrogen-bond acceptors (Lipinski definition) is 4. The molecule has 144 valence electrons. The van der Waals surface area contributed by atoms with Crippen LogP contribution in [-0.2, 0) is 14.4 Å². The summed E-state index contributed by atoms with van der Waals surface area (Å²) >= 11 is 0. The molecule has 0 unspecified atom stereocenters. The maximum absolute atomic E-state index is 13.4. The molecule has 7 nitrogen and oxygen atoms in total. The van der Waals surface area contributed by atoms with Crippen LogP contribution in [-0.4, -0.2) is 55.8 Å². The summed E-state index contributed by atoms with van der Waals surface area (Å²) in [6.07, 6.45) is 0.795. The van der Waals surface area contributed by atoms with Gasteiger partial charge < -0.3 is 16.0 Å². The minimum Gasteiger partial charge on any atom is -0.355 e. The minimum atomic E-state index is -1.70. The molecule has 1 aromatic rings. The molecule has 0 spiro atoms. The smallest absolute Gasteiger partial charge is 0.243 e.